The van der Waals surface area contributed by atoms with E-state index >= 15 is 0 Å². The predicted molar refractivity (Wildman–Crippen MR) is 64.2 cm³/mol. The Kier molecular flexibility index (Phi) is 2.53. The lowest BCUT2D eigenvalue weighted by Crippen LogP contribution is -2.19. The Hall–Kier alpha value is -2.04. The van der Waals surface area contributed by atoms with Crippen LogP contribution in [0.3, 0.4) is 0 Å². The van der Waals surface area contributed by atoms with Gasteiger partial charge in [0, 0.05) is 14.1 Å². The maximum atomic E-state index is 11.8. The summed E-state index contributed by atoms with van der Waals surface area (Å²) in [6.07, 6.45) is 0. The molecule has 0 saturated heterocycles. The minimum absolute atomic E-state index is 0.110. The van der Waals surface area contributed by atoms with Crippen molar-refractivity contribution in [3.05, 3.63) is 33.7 Å². The van der Waals surface area contributed by atoms with Gasteiger partial charge < -0.3 is 4.74 Å². The van der Waals surface area contributed by atoms with E-state index < -0.39 is 0 Å². The van der Waals surface area contributed by atoms with E-state index in [9.17, 15) is 9.59 Å². The van der Waals surface area contributed by atoms with E-state index in [0.29, 0.717) is 5.56 Å². The van der Waals surface area contributed by atoms with Crippen molar-refractivity contribution in [3.8, 4) is 0 Å². The second kappa shape index (κ2) is 3.76. The normalized spacial score (nSPS) is 10.8. The number of hydrogen-bond acceptors (Lipinski definition) is 3. The van der Waals surface area contributed by atoms with Crippen LogP contribution in [0.25, 0.3) is 11.0 Å². The molecule has 90 valence electrons. The Labute approximate surface area is 98.2 Å². The average molecular weight is 234 g/mol. The number of hydrogen-bond donors (Lipinski definition) is 0. The van der Waals surface area contributed by atoms with Crippen LogP contribution in [-0.2, 0) is 18.8 Å². The second-order valence-corrected chi connectivity index (χ2v) is 4.05. The van der Waals surface area contributed by atoms with Gasteiger partial charge in [0.25, 0.3) is 0 Å². The third-order valence-electron chi connectivity index (χ3n) is 3.02. The minimum atomic E-state index is -0.388. The Morgan fingerprint density at radius 2 is 1.71 bits per heavy atom. The number of rotatable bonds is 1. The van der Waals surface area contributed by atoms with E-state index in [1.165, 1.54) is 11.7 Å². The summed E-state index contributed by atoms with van der Waals surface area (Å²) in [7, 11) is 4.74. The lowest BCUT2D eigenvalue weighted by Gasteiger charge is -2.05. The van der Waals surface area contributed by atoms with Crippen molar-refractivity contribution in [2.75, 3.05) is 7.11 Å². The molecule has 0 aliphatic carbocycles. The number of methoxy groups -OCH3 is 1. The second-order valence-electron chi connectivity index (χ2n) is 4.05. The summed E-state index contributed by atoms with van der Waals surface area (Å²) in [5, 5.41) is 0. The van der Waals surface area contributed by atoms with E-state index in [2.05, 4.69) is 0 Å². The highest BCUT2D eigenvalue weighted by molar-refractivity contribution is 5.95. The number of aryl methyl sites for hydroxylation is 3. The standard InChI is InChI=1S/C12H14N2O3/c1-7-5-9-10(6-8(7)11(15)17-4)14(3)12(16)13(9)2/h5-6H,1-4H3. The third kappa shape index (κ3) is 1.54. The number of carbonyl (C=O) groups excluding carboxylic acids is 1. The molecule has 2 rings (SSSR count). The van der Waals surface area contributed by atoms with Gasteiger partial charge >= 0.3 is 11.7 Å². The fourth-order valence-electron chi connectivity index (χ4n) is 1.98. The highest BCUT2D eigenvalue weighted by atomic mass is 16.5. The van der Waals surface area contributed by atoms with Gasteiger partial charge in [-0.2, -0.15) is 0 Å². The molecule has 0 bridgehead atoms. The fraction of sp³-hybridized carbons (Fsp3) is 0.333. The maximum Gasteiger partial charge on any atom is 0.338 e. The molecule has 0 fully saturated rings. The largest absolute Gasteiger partial charge is 0.465 e. The van der Waals surface area contributed by atoms with Gasteiger partial charge in [-0.15, -0.1) is 0 Å². The Morgan fingerprint density at radius 1 is 1.18 bits per heavy atom. The number of carbonyl (C=O) groups is 1. The quantitative estimate of drug-likeness (QED) is 0.691. The molecule has 0 spiro atoms. The Balaban J connectivity index is 2.86. The van der Waals surface area contributed by atoms with Crippen molar-refractivity contribution in [2.24, 2.45) is 14.1 Å². The van der Waals surface area contributed by atoms with Crippen LogP contribution in [0.5, 0.6) is 0 Å². The molecule has 1 heterocycles. The highest BCUT2D eigenvalue weighted by Gasteiger charge is 2.14. The summed E-state index contributed by atoms with van der Waals surface area (Å²) < 4.78 is 7.78. The van der Waals surface area contributed by atoms with Gasteiger partial charge in [-0.1, -0.05) is 0 Å². The van der Waals surface area contributed by atoms with E-state index in [0.717, 1.165) is 16.6 Å². The first-order chi connectivity index (χ1) is 7.97. The molecular weight excluding hydrogens is 220 g/mol. The van der Waals surface area contributed by atoms with Crippen molar-refractivity contribution in [3.63, 3.8) is 0 Å². The number of nitrogens with zero attached hydrogens (tertiary/aromatic N) is 2. The zero-order chi connectivity index (χ0) is 12.7. The van der Waals surface area contributed by atoms with Crippen molar-refractivity contribution in [1.29, 1.82) is 0 Å². The van der Waals surface area contributed by atoms with Crippen LogP contribution in [0.15, 0.2) is 16.9 Å². The summed E-state index contributed by atoms with van der Waals surface area (Å²) in [4.78, 5) is 23.3. The first-order valence-corrected chi connectivity index (χ1v) is 5.21. The molecule has 0 aliphatic heterocycles. The Bertz CT molecular complexity index is 664. The number of esters is 1. The number of imidazole rings is 1. The van der Waals surface area contributed by atoms with Crippen LogP contribution >= 0.6 is 0 Å². The van der Waals surface area contributed by atoms with Crippen molar-refractivity contribution in [2.45, 2.75) is 6.92 Å². The minimum Gasteiger partial charge on any atom is -0.465 e. The average Bonchev–Trinajstić information content (AvgIpc) is 2.53. The topological polar surface area (TPSA) is 53.2 Å². The SMILES string of the molecule is COC(=O)c1cc2c(cc1C)n(C)c(=O)n2C. The van der Waals surface area contributed by atoms with Crippen LogP contribution < -0.4 is 5.69 Å². The molecule has 1 aromatic carbocycles. The van der Waals surface area contributed by atoms with Crippen LogP contribution in [-0.4, -0.2) is 22.2 Å². The molecule has 0 aliphatic rings. The van der Waals surface area contributed by atoms with Crippen molar-refractivity contribution >= 4 is 17.0 Å². The smallest absolute Gasteiger partial charge is 0.338 e. The molecular formula is C12H14N2O3. The molecule has 1 aromatic heterocycles. The van der Waals surface area contributed by atoms with E-state index in [1.807, 2.05) is 13.0 Å². The van der Waals surface area contributed by atoms with Gasteiger partial charge in [-0.05, 0) is 24.6 Å². The summed E-state index contributed by atoms with van der Waals surface area (Å²) in [5.74, 6) is -0.388. The molecule has 0 unspecified atom stereocenters. The molecule has 2 aromatic rings. The molecule has 5 heteroatoms. The number of aromatic nitrogens is 2. The van der Waals surface area contributed by atoms with Crippen molar-refractivity contribution < 1.29 is 9.53 Å². The lowest BCUT2D eigenvalue weighted by atomic mass is 10.1. The number of benzene rings is 1. The van der Waals surface area contributed by atoms with Crippen LogP contribution in [0.4, 0.5) is 0 Å². The lowest BCUT2D eigenvalue weighted by molar-refractivity contribution is 0.0600. The van der Waals surface area contributed by atoms with Crippen LogP contribution in [0, 0.1) is 6.92 Å². The van der Waals surface area contributed by atoms with Crippen LogP contribution in [0.2, 0.25) is 0 Å². The molecule has 17 heavy (non-hydrogen) atoms. The van der Waals surface area contributed by atoms with E-state index in [1.54, 1.807) is 24.7 Å². The van der Waals surface area contributed by atoms with Gasteiger partial charge in [-0.25, -0.2) is 9.59 Å². The van der Waals surface area contributed by atoms with Crippen molar-refractivity contribution in [1.82, 2.24) is 9.13 Å². The zero-order valence-corrected chi connectivity index (χ0v) is 10.3. The molecule has 0 radical (unpaired) electrons. The molecule has 5 nitrogen and oxygen atoms in total. The van der Waals surface area contributed by atoms with E-state index in [4.69, 9.17) is 4.74 Å². The highest BCUT2D eigenvalue weighted by Crippen LogP contribution is 2.18. The third-order valence-corrected chi connectivity index (χ3v) is 3.02. The first-order valence-electron chi connectivity index (χ1n) is 5.21. The zero-order valence-electron chi connectivity index (χ0n) is 10.3. The van der Waals surface area contributed by atoms with E-state index in [-0.39, 0.29) is 11.7 Å². The first kappa shape index (κ1) is 11.4. The van der Waals surface area contributed by atoms with Gasteiger partial charge in [0.2, 0.25) is 0 Å². The molecule has 0 atom stereocenters. The molecule has 0 N–H and O–H groups in total. The van der Waals surface area contributed by atoms with Gasteiger partial charge in [-0.3, -0.25) is 9.13 Å². The van der Waals surface area contributed by atoms with Crippen LogP contribution in [0.1, 0.15) is 15.9 Å². The summed E-state index contributed by atoms with van der Waals surface area (Å²) in [5.41, 5.74) is 2.71. The molecule has 0 saturated carbocycles. The van der Waals surface area contributed by atoms with Gasteiger partial charge in [0.15, 0.2) is 0 Å². The summed E-state index contributed by atoms with van der Waals surface area (Å²) in [6, 6.07) is 3.51. The predicted octanol–water partition coefficient (Wildman–Crippen LogP) is 0.972. The fourth-order valence-corrected chi connectivity index (χ4v) is 1.98. The number of fused-ring (bicyclic) bond motifs is 1. The summed E-state index contributed by atoms with van der Waals surface area (Å²) >= 11 is 0. The van der Waals surface area contributed by atoms with Gasteiger partial charge in [0.1, 0.15) is 0 Å². The maximum absolute atomic E-state index is 11.8. The Morgan fingerprint density at radius 3 is 2.24 bits per heavy atom. The summed E-state index contributed by atoms with van der Waals surface area (Å²) in [6.45, 7) is 1.82. The number of ether oxygens (including phenoxy) is 1. The monoisotopic (exact) mass is 234 g/mol. The van der Waals surface area contributed by atoms with Gasteiger partial charge in [0.05, 0.1) is 23.7 Å². The molecule has 0 amide bonds.